The van der Waals surface area contributed by atoms with Gasteiger partial charge in [0.05, 0.1) is 0 Å². The van der Waals surface area contributed by atoms with Crippen molar-refractivity contribution in [3.8, 4) is 0 Å². The molecule has 0 heterocycles. The molecule has 1 aromatic carbocycles. The summed E-state index contributed by atoms with van der Waals surface area (Å²) in [5, 5.41) is 2.81. The van der Waals surface area contributed by atoms with Gasteiger partial charge in [-0.3, -0.25) is 0 Å². The first-order chi connectivity index (χ1) is 5.79. The molecular weight excluding hydrogens is 177 g/mol. The predicted molar refractivity (Wildman–Crippen MR) is 45.8 cm³/mol. The highest BCUT2D eigenvalue weighted by molar-refractivity contribution is 7.32. The molecule has 1 atom stereocenters. The zero-order valence-corrected chi connectivity index (χ0v) is 7.20. The Bertz CT molecular complexity index is 252. The van der Waals surface area contributed by atoms with E-state index in [1.54, 1.807) is 0 Å². The van der Waals surface area contributed by atoms with E-state index in [2.05, 4.69) is 9.84 Å². The van der Waals surface area contributed by atoms with Crippen LogP contribution in [0, 0.1) is 0 Å². The fourth-order valence-electron chi connectivity index (χ4n) is 0.727. The monoisotopic (exact) mass is 186 g/mol. The third-order valence-corrected chi connectivity index (χ3v) is 1.58. The van der Waals surface area contributed by atoms with Crippen LogP contribution in [0.15, 0.2) is 30.3 Å². The predicted octanol–water partition coefficient (Wildman–Crippen LogP) is 1.72. The van der Waals surface area contributed by atoms with Crippen molar-refractivity contribution in [3.05, 3.63) is 30.3 Å². The summed E-state index contributed by atoms with van der Waals surface area (Å²) < 4.78 is 14.5. The van der Waals surface area contributed by atoms with Crippen LogP contribution in [0.3, 0.4) is 0 Å². The zero-order valence-electron chi connectivity index (χ0n) is 6.30. The number of rotatable bonds is 4. The summed E-state index contributed by atoms with van der Waals surface area (Å²) in [6, 6.07) is 9.29. The van der Waals surface area contributed by atoms with Gasteiger partial charge in [0.2, 0.25) is 0 Å². The molecule has 64 valence electrons. The van der Waals surface area contributed by atoms with Crippen LogP contribution in [0.2, 0.25) is 0 Å². The molecule has 5 heteroatoms. The lowest BCUT2D eigenvalue weighted by Gasteiger charge is -1.99. The summed E-state index contributed by atoms with van der Waals surface area (Å²) >= 11 is 0. The largest absolute Gasteiger partial charge is 0.696 e. The van der Waals surface area contributed by atoms with E-state index in [4.69, 9.17) is 4.89 Å². The quantitative estimate of drug-likeness (QED) is 0.555. The maximum absolute atomic E-state index is 10.1. The van der Waals surface area contributed by atoms with Gasteiger partial charge in [-0.15, -0.1) is 4.89 Å². The number of anilines is 1. The van der Waals surface area contributed by atoms with Crippen molar-refractivity contribution >= 4 is 13.9 Å². The minimum Gasteiger partial charge on any atom is -0.359 e. The van der Waals surface area contributed by atoms with Crippen LogP contribution in [0.4, 0.5) is 5.69 Å². The lowest BCUT2D eigenvalue weighted by atomic mass is 10.3. The number of benzene rings is 1. The summed E-state index contributed by atoms with van der Waals surface area (Å²) in [6.07, 6.45) is 0. The van der Waals surface area contributed by atoms with E-state index in [0.29, 0.717) is 0 Å². The van der Waals surface area contributed by atoms with E-state index in [9.17, 15) is 4.57 Å². The van der Waals surface area contributed by atoms with Gasteiger partial charge in [0.15, 0.2) is 6.73 Å². The van der Waals surface area contributed by atoms with Crippen LogP contribution in [-0.2, 0) is 9.09 Å². The molecule has 0 aliphatic rings. The van der Waals surface area contributed by atoms with Crippen LogP contribution >= 0.6 is 8.25 Å². The van der Waals surface area contributed by atoms with E-state index in [-0.39, 0.29) is 6.73 Å². The van der Waals surface area contributed by atoms with Crippen molar-refractivity contribution in [2.24, 2.45) is 0 Å². The highest BCUT2D eigenvalue weighted by Crippen LogP contribution is 2.14. The molecular formula is C7H9NO3P+. The van der Waals surface area contributed by atoms with Crippen molar-refractivity contribution in [2.45, 2.75) is 0 Å². The van der Waals surface area contributed by atoms with Gasteiger partial charge in [0.25, 0.3) is 0 Å². The summed E-state index contributed by atoms with van der Waals surface area (Å²) in [4.78, 5) is 8.28. The van der Waals surface area contributed by atoms with Gasteiger partial charge < -0.3 is 5.32 Å². The fourth-order valence-corrected chi connectivity index (χ4v) is 0.902. The number of hydrogen-bond acceptors (Lipinski definition) is 3. The second-order valence-electron chi connectivity index (χ2n) is 2.05. The highest BCUT2D eigenvalue weighted by Gasteiger charge is 2.09. The van der Waals surface area contributed by atoms with Crippen molar-refractivity contribution in [2.75, 3.05) is 12.0 Å². The molecule has 1 rings (SSSR count). The van der Waals surface area contributed by atoms with Crippen LogP contribution in [-0.4, -0.2) is 11.6 Å². The molecule has 4 nitrogen and oxygen atoms in total. The van der Waals surface area contributed by atoms with Crippen molar-refractivity contribution < 1.29 is 14.0 Å². The minimum atomic E-state index is -2.51. The van der Waals surface area contributed by atoms with E-state index in [1.165, 1.54) is 0 Å². The Hall–Kier alpha value is -0.960. The Morgan fingerprint density at radius 2 is 2.08 bits per heavy atom. The topological polar surface area (TPSA) is 58.6 Å². The molecule has 0 saturated heterocycles. The van der Waals surface area contributed by atoms with Crippen molar-refractivity contribution in [1.29, 1.82) is 0 Å². The van der Waals surface area contributed by atoms with Gasteiger partial charge in [-0.2, -0.15) is 0 Å². The zero-order chi connectivity index (χ0) is 8.81. The van der Waals surface area contributed by atoms with Crippen molar-refractivity contribution in [3.63, 3.8) is 0 Å². The fraction of sp³-hybridized carbons (Fsp3) is 0.143. The summed E-state index contributed by atoms with van der Waals surface area (Å²) in [5.41, 5.74) is 0.856. The SMILES string of the molecule is O=[P+](O)OCNc1ccccc1. The van der Waals surface area contributed by atoms with E-state index in [1.807, 2.05) is 30.3 Å². The molecule has 0 amide bonds. The average Bonchev–Trinajstić information content (AvgIpc) is 2.05. The first-order valence-corrected chi connectivity index (χ1v) is 4.50. The van der Waals surface area contributed by atoms with Gasteiger partial charge in [-0.1, -0.05) is 22.7 Å². The Labute approximate surface area is 71.1 Å². The van der Waals surface area contributed by atoms with Crippen LogP contribution < -0.4 is 5.32 Å². The highest BCUT2D eigenvalue weighted by atomic mass is 31.1. The second-order valence-corrected chi connectivity index (χ2v) is 2.79. The molecule has 0 spiro atoms. The standard InChI is InChI=1S/C7H8NO3P/c9-12(10)11-6-8-7-4-2-1-3-5-7/h1-5,8H,6H2/p+1. The summed E-state index contributed by atoms with van der Waals surface area (Å²) in [6.45, 7) is 0.0374. The first kappa shape index (κ1) is 9.13. The molecule has 0 aliphatic carbocycles. The van der Waals surface area contributed by atoms with E-state index < -0.39 is 8.25 Å². The molecule has 0 bridgehead atoms. The molecule has 0 aliphatic heterocycles. The lowest BCUT2D eigenvalue weighted by molar-refractivity contribution is 0.302. The van der Waals surface area contributed by atoms with Gasteiger partial charge in [-0.25, -0.2) is 0 Å². The summed E-state index contributed by atoms with van der Waals surface area (Å²) in [5.74, 6) is 0. The van der Waals surface area contributed by atoms with E-state index in [0.717, 1.165) is 5.69 Å². The smallest absolute Gasteiger partial charge is 0.359 e. The van der Waals surface area contributed by atoms with Crippen molar-refractivity contribution in [1.82, 2.24) is 0 Å². The third kappa shape index (κ3) is 3.44. The normalized spacial score (nSPS) is 10.9. The van der Waals surface area contributed by atoms with Gasteiger partial charge in [0.1, 0.15) is 0 Å². The first-order valence-electron chi connectivity index (χ1n) is 3.37. The number of para-hydroxylation sites is 1. The van der Waals surface area contributed by atoms with Crippen LogP contribution in [0.5, 0.6) is 0 Å². The molecule has 0 radical (unpaired) electrons. The Morgan fingerprint density at radius 1 is 1.42 bits per heavy atom. The number of hydrogen-bond donors (Lipinski definition) is 2. The molecule has 0 aromatic heterocycles. The molecule has 12 heavy (non-hydrogen) atoms. The Morgan fingerprint density at radius 3 is 2.67 bits per heavy atom. The maximum atomic E-state index is 10.1. The average molecular weight is 186 g/mol. The molecule has 2 N–H and O–H groups in total. The molecule has 1 unspecified atom stereocenters. The Kier molecular flexibility index (Phi) is 3.67. The number of nitrogens with one attached hydrogen (secondary N) is 1. The van der Waals surface area contributed by atoms with Gasteiger partial charge in [0, 0.05) is 10.3 Å². The molecule has 1 aromatic rings. The molecule has 0 saturated carbocycles. The lowest BCUT2D eigenvalue weighted by Crippen LogP contribution is -2.01. The van der Waals surface area contributed by atoms with Crippen LogP contribution in [0.25, 0.3) is 0 Å². The van der Waals surface area contributed by atoms with Gasteiger partial charge in [-0.05, 0) is 12.1 Å². The Balaban J connectivity index is 2.29. The second kappa shape index (κ2) is 4.83. The summed E-state index contributed by atoms with van der Waals surface area (Å²) in [7, 11) is -2.51. The van der Waals surface area contributed by atoms with Gasteiger partial charge >= 0.3 is 8.25 Å². The molecule has 0 fully saturated rings. The third-order valence-electron chi connectivity index (χ3n) is 1.23. The van der Waals surface area contributed by atoms with Crippen LogP contribution in [0.1, 0.15) is 0 Å². The van der Waals surface area contributed by atoms with E-state index >= 15 is 0 Å². The maximum Gasteiger partial charge on any atom is 0.696 e. The minimum absolute atomic E-state index is 0.0374.